The normalized spacial score (nSPS) is 24.3. The standard InChI is InChI=1S/C13H17BrClNO2S/c14-11-6-2-4-8-13(11)19(17,18)16-12-7-3-1-5-10(12)9-15/h2,4,6,8,10,12,16H,1,3,5,7,9H2. The van der Waals surface area contributed by atoms with E-state index in [1.165, 1.54) is 0 Å². The van der Waals surface area contributed by atoms with Crippen LogP contribution in [0.15, 0.2) is 33.6 Å². The highest BCUT2D eigenvalue weighted by Crippen LogP contribution is 2.28. The summed E-state index contributed by atoms with van der Waals surface area (Å²) in [6.45, 7) is 0. The zero-order valence-electron chi connectivity index (χ0n) is 10.5. The zero-order chi connectivity index (χ0) is 13.9. The fraction of sp³-hybridized carbons (Fsp3) is 0.538. The fourth-order valence-corrected chi connectivity index (χ4v) is 5.18. The minimum atomic E-state index is -3.49. The first-order chi connectivity index (χ1) is 9.04. The van der Waals surface area contributed by atoms with E-state index >= 15 is 0 Å². The highest BCUT2D eigenvalue weighted by Gasteiger charge is 2.29. The molecule has 3 nitrogen and oxygen atoms in total. The number of nitrogens with one attached hydrogen (secondary N) is 1. The lowest BCUT2D eigenvalue weighted by molar-refractivity contribution is 0.314. The van der Waals surface area contributed by atoms with Crippen LogP contribution in [0.3, 0.4) is 0 Å². The van der Waals surface area contributed by atoms with Crippen LogP contribution in [0.5, 0.6) is 0 Å². The summed E-state index contributed by atoms with van der Waals surface area (Å²) in [5.74, 6) is 0.732. The van der Waals surface area contributed by atoms with Crippen LogP contribution in [-0.4, -0.2) is 20.3 Å². The number of hydrogen-bond acceptors (Lipinski definition) is 2. The quantitative estimate of drug-likeness (QED) is 0.829. The van der Waals surface area contributed by atoms with Crippen molar-refractivity contribution in [3.8, 4) is 0 Å². The Bertz CT molecular complexity index is 535. The van der Waals surface area contributed by atoms with Crippen LogP contribution in [0.1, 0.15) is 25.7 Å². The summed E-state index contributed by atoms with van der Waals surface area (Å²) in [5.41, 5.74) is 0. The van der Waals surface area contributed by atoms with Gasteiger partial charge in [-0.3, -0.25) is 0 Å². The maximum Gasteiger partial charge on any atom is 0.241 e. The highest BCUT2D eigenvalue weighted by molar-refractivity contribution is 9.10. The summed E-state index contributed by atoms with van der Waals surface area (Å²) < 4.78 is 28.2. The summed E-state index contributed by atoms with van der Waals surface area (Å²) in [7, 11) is -3.49. The summed E-state index contributed by atoms with van der Waals surface area (Å²) in [6.07, 6.45) is 4.04. The smallest absolute Gasteiger partial charge is 0.208 e. The minimum absolute atomic E-state index is 0.0524. The molecule has 0 aromatic heterocycles. The van der Waals surface area contributed by atoms with Crippen molar-refractivity contribution in [2.24, 2.45) is 5.92 Å². The molecule has 1 N–H and O–H groups in total. The van der Waals surface area contributed by atoms with E-state index in [1.807, 2.05) is 0 Å². The molecule has 1 aromatic rings. The second-order valence-corrected chi connectivity index (χ2v) is 7.70. The summed E-state index contributed by atoms with van der Waals surface area (Å²) >= 11 is 9.22. The van der Waals surface area contributed by atoms with E-state index in [4.69, 9.17) is 11.6 Å². The van der Waals surface area contributed by atoms with Crippen LogP contribution in [0.2, 0.25) is 0 Å². The molecule has 0 amide bonds. The molecule has 2 unspecified atom stereocenters. The van der Waals surface area contributed by atoms with E-state index in [9.17, 15) is 8.42 Å². The third-order valence-electron chi connectivity index (χ3n) is 3.54. The number of alkyl halides is 1. The van der Waals surface area contributed by atoms with Gasteiger partial charge in [0.2, 0.25) is 10.0 Å². The van der Waals surface area contributed by atoms with E-state index < -0.39 is 10.0 Å². The van der Waals surface area contributed by atoms with Gasteiger partial charge in [-0.1, -0.05) is 25.0 Å². The van der Waals surface area contributed by atoms with Gasteiger partial charge < -0.3 is 0 Å². The predicted molar refractivity (Wildman–Crippen MR) is 80.9 cm³/mol. The Kier molecular flexibility index (Phi) is 5.29. The lowest BCUT2D eigenvalue weighted by Crippen LogP contribution is -2.42. The number of benzene rings is 1. The van der Waals surface area contributed by atoms with Gasteiger partial charge in [0.25, 0.3) is 0 Å². The largest absolute Gasteiger partial charge is 0.241 e. The Hall–Kier alpha value is -0.100. The van der Waals surface area contributed by atoms with E-state index in [0.29, 0.717) is 10.4 Å². The van der Waals surface area contributed by atoms with Gasteiger partial charge in [-0.2, -0.15) is 0 Å². The Morgan fingerprint density at radius 1 is 1.26 bits per heavy atom. The lowest BCUT2D eigenvalue weighted by Gasteiger charge is -2.30. The van der Waals surface area contributed by atoms with Crippen molar-refractivity contribution in [2.75, 3.05) is 5.88 Å². The van der Waals surface area contributed by atoms with Gasteiger partial charge in [0.15, 0.2) is 0 Å². The molecule has 6 heteroatoms. The van der Waals surface area contributed by atoms with Gasteiger partial charge in [-0.15, -0.1) is 11.6 Å². The Balaban J connectivity index is 2.19. The third kappa shape index (κ3) is 3.72. The molecule has 1 saturated carbocycles. The monoisotopic (exact) mass is 365 g/mol. The molecule has 1 aromatic carbocycles. The summed E-state index contributed by atoms with van der Waals surface area (Å²) in [5, 5.41) is 0. The van der Waals surface area contributed by atoms with Gasteiger partial charge in [-0.25, -0.2) is 13.1 Å². The first kappa shape index (κ1) is 15.3. The first-order valence-corrected chi connectivity index (χ1v) is 9.18. The van der Waals surface area contributed by atoms with Crippen LogP contribution in [0.25, 0.3) is 0 Å². The number of hydrogen-bond donors (Lipinski definition) is 1. The Labute approximate surface area is 127 Å². The molecule has 19 heavy (non-hydrogen) atoms. The van der Waals surface area contributed by atoms with Crippen LogP contribution >= 0.6 is 27.5 Å². The van der Waals surface area contributed by atoms with Gasteiger partial charge in [0.1, 0.15) is 0 Å². The SMILES string of the molecule is O=S(=O)(NC1CCCCC1CCl)c1ccccc1Br. The fourth-order valence-electron chi connectivity index (χ4n) is 2.47. The molecule has 0 spiro atoms. The van der Waals surface area contributed by atoms with E-state index in [2.05, 4.69) is 20.7 Å². The van der Waals surface area contributed by atoms with Gasteiger partial charge in [0.05, 0.1) is 4.90 Å². The minimum Gasteiger partial charge on any atom is -0.208 e. The Morgan fingerprint density at radius 3 is 2.63 bits per heavy atom. The Morgan fingerprint density at radius 2 is 1.95 bits per heavy atom. The molecule has 0 aliphatic heterocycles. The molecule has 0 saturated heterocycles. The van der Waals surface area contributed by atoms with Crippen molar-refractivity contribution in [3.05, 3.63) is 28.7 Å². The first-order valence-electron chi connectivity index (χ1n) is 6.37. The van der Waals surface area contributed by atoms with Crippen molar-refractivity contribution in [1.82, 2.24) is 4.72 Å². The summed E-state index contributed by atoms with van der Waals surface area (Å²) in [4.78, 5) is 0.286. The average Bonchev–Trinajstić information content (AvgIpc) is 2.39. The molecule has 2 atom stereocenters. The van der Waals surface area contributed by atoms with E-state index in [-0.39, 0.29) is 16.9 Å². The molecule has 1 fully saturated rings. The molecule has 2 rings (SSSR count). The highest BCUT2D eigenvalue weighted by atomic mass is 79.9. The van der Waals surface area contributed by atoms with Crippen molar-refractivity contribution >= 4 is 37.6 Å². The van der Waals surface area contributed by atoms with Gasteiger partial charge >= 0.3 is 0 Å². The molecule has 1 aliphatic carbocycles. The van der Waals surface area contributed by atoms with Crippen molar-refractivity contribution in [2.45, 2.75) is 36.6 Å². The third-order valence-corrected chi connectivity index (χ3v) is 6.44. The predicted octanol–water partition coefficient (Wildman–Crippen LogP) is 3.53. The number of sulfonamides is 1. The molecule has 0 heterocycles. The van der Waals surface area contributed by atoms with Crippen LogP contribution < -0.4 is 4.72 Å². The number of rotatable bonds is 4. The zero-order valence-corrected chi connectivity index (χ0v) is 13.6. The second-order valence-electron chi connectivity index (χ2n) is 4.86. The molecular weight excluding hydrogens is 350 g/mol. The molecule has 0 bridgehead atoms. The van der Waals surface area contributed by atoms with Crippen molar-refractivity contribution < 1.29 is 8.42 Å². The van der Waals surface area contributed by atoms with Gasteiger partial charge in [-0.05, 0) is 46.8 Å². The van der Waals surface area contributed by atoms with E-state index in [1.54, 1.807) is 24.3 Å². The molecule has 0 radical (unpaired) electrons. The maximum absolute atomic E-state index is 12.4. The topological polar surface area (TPSA) is 46.2 Å². The second kappa shape index (κ2) is 6.57. The van der Waals surface area contributed by atoms with Crippen LogP contribution in [0.4, 0.5) is 0 Å². The van der Waals surface area contributed by atoms with Gasteiger partial charge in [0, 0.05) is 16.4 Å². The summed E-state index contributed by atoms with van der Waals surface area (Å²) in [6, 6.07) is 6.80. The van der Waals surface area contributed by atoms with Crippen LogP contribution in [0, 0.1) is 5.92 Å². The lowest BCUT2D eigenvalue weighted by atomic mass is 9.86. The maximum atomic E-state index is 12.4. The number of halogens is 2. The van der Waals surface area contributed by atoms with Crippen molar-refractivity contribution in [3.63, 3.8) is 0 Å². The molecule has 106 valence electrons. The molecular formula is C13H17BrClNO2S. The average molecular weight is 367 g/mol. The van der Waals surface area contributed by atoms with E-state index in [0.717, 1.165) is 25.7 Å². The van der Waals surface area contributed by atoms with Crippen molar-refractivity contribution in [1.29, 1.82) is 0 Å². The van der Waals surface area contributed by atoms with Crippen LogP contribution in [-0.2, 0) is 10.0 Å². The molecule has 1 aliphatic rings.